The minimum atomic E-state index is 0.460. The van der Waals surface area contributed by atoms with Crippen molar-refractivity contribution in [2.45, 2.75) is 31.9 Å². The van der Waals surface area contributed by atoms with Crippen LogP contribution in [0.25, 0.3) is 0 Å². The monoisotopic (exact) mass is 293 g/mol. The van der Waals surface area contributed by atoms with Crippen LogP contribution in [-0.2, 0) is 12.2 Å². The van der Waals surface area contributed by atoms with Gasteiger partial charge in [0, 0.05) is 17.1 Å². The van der Waals surface area contributed by atoms with Crippen LogP contribution in [0.5, 0.6) is 5.75 Å². The summed E-state index contributed by atoms with van der Waals surface area (Å²) in [7, 11) is 0. The van der Waals surface area contributed by atoms with Crippen molar-refractivity contribution in [2.24, 2.45) is 0 Å². The molecule has 2 aromatic rings. The Bertz CT molecular complexity index is 508. The number of hydrogen-bond acceptors (Lipinski definition) is 4. The first kappa shape index (κ1) is 14.4. The molecule has 0 aliphatic heterocycles. The highest BCUT2D eigenvalue weighted by Crippen LogP contribution is 2.26. The van der Waals surface area contributed by atoms with E-state index in [-0.39, 0.29) is 0 Å². The van der Waals surface area contributed by atoms with E-state index in [2.05, 4.69) is 26.5 Å². The molecule has 1 heterocycles. The molecule has 0 saturated carbocycles. The molecule has 0 aliphatic carbocycles. The van der Waals surface area contributed by atoms with Crippen LogP contribution in [0.4, 0.5) is 0 Å². The molecule has 0 amide bonds. The molecular weight excluding hydrogens is 274 g/mol. The van der Waals surface area contributed by atoms with E-state index >= 15 is 0 Å². The Kier molecular flexibility index (Phi) is 5.28. The van der Waals surface area contributed by atoms with Gasteiger partial charge in [0.25, 0.3) is 0 Å². The Morgan fingerprint density at radius 1 is 1.26 bits per heavy atom. The lowest BCUT2D eigenvalue weighted by atomic mass is 10.1. The highest BCUT2D eigenvalue weighted by molar-refractivity contribution is 7.79. The van der Waals surface area contributed by atoms with Crippen LogP contribution >= 0.6 is 24.0 Å². The topological polar surface area (TPSA) is 22.1 Å². The van der Waals surface area contributed by atoms with Crippen LogP contribution in [0.15, 0.2) is 30.3 Å². The summed E-state index contributed by atoms with van der Waals surface area (Å²) in [6, 6.07) is 9.89. The zero-order valence-corrected chi connectivity index (χ0v) is 13.0. The van der Waals surface area contributed by atoms with E-state index in [9.17, 15) is 0 Å². The van der Waals surface area contributed by atoms with Crippen LogP contribution in [0, 0.1) is 0 Å². The Balaban J connectivity index is 1.93. The van der Waals surface area contributed by atoms with E-state index in [1.165, 1.54) is 10.6 Å². The maximum absolute atomic E-state index is 5.70. The molecule has 0 N–H and O–H groups in total. The van der Waals surface area contributed by atoms with E-state index in [1.807, 2.05) is 30.3 Å². The van der Waals surface area contributed by atoms with Crippen molar-refractivity contribution in [3.05, 3.63) is 45.9 Å². The van der Waals surface area contributed by atoms with E-state index in [1.54, 1.807) is 11.3 Å². The summed E-state index contributed by atoms with van der Waals surface area (Å²) in [4.78, 5) is 5.99. The fraction of sp³-hybridized carbons (Fsp3) is 0.400. The predicted molar refractivity (Wildman–Crippen MR) is 84.5 cm³/mol. The molecule has 4 heteroatoms. The molecule has 0 saturated heterocycles. The van der Waals surface area contributed by atoms with Crippen LogP contribution in [-0.4, -0.2) is 11.6 Å². The molecule has 0 atom stereocenters. The van der Waals surface area contributed by atoms with Gasteiger partial charge in [-0.15, -0.1) is 11.3 Å². The van der Waals surface area contributed by atoms with Gasteiger partial charge in [-0.25, -0.2) is 4.98 Å². The zero-order valence-electron chi connectivity index (χ0n) is 11.3. The molecule has 0 radical (unpaired) electrons. The molecule has 0 unspecified atom stereocenters. The summed E-state index contributed by atoms with van der Waals surface area (Å²) in [5.41, 5.74) is 1.19. The van der Waals surface area contributed by atoms with Crippen molar-refractivity contribution < 1.29 is 4.74 Å². The van der Waals surface area contributed by atoms with Gasteiger partial charge in [0.15, 0.2) is 0 Å². The predicted octanol–water partition coefficient (Wildman–Crippen LogP) is 4.32. The number of para-hydroxylation sites is 1. The maximum atomic E-state index is 5.70. The largest absolute Gasteiger partial charge is 0.493 e. The summed E-state index contributed by atoms with van der Waals surface area (Å²) < 4.78 is 5.70. The number of nitrogens with zero attached hydrogens (tertiary/aromatic N) is 1. The van der Waals surface area contributed by atoms with Crippen molar-refractivity contribution in [1.29, 1.82) is 0 Å². The molecule has 0 bridgehead atoms. The quantitative estimate of drug-likeness (QED) is 0.801. The Morgan fingerprint density at radius 3 is 2.58 bits per heavy atom. The van der Waals surface area contributed by atoms with Gasteiger partial charge in [0.2, 0.25) is 0 Å². The molecule has 2 nitrogen and oxygen atoms in total. The van der Waals surface area contributed by atoms with Crippen molar-refractivity contribution >= 4 is 24.0 Å². The molecule has 1 aromatic carbocycles. The number of rotatable bonds is 6. The maximum Gasteiger partial charge on any atom is 0.119 e. The van der Waals surface area contributed by atoms with Gasteiger partial charge in [-0.3, -0.25) is 0 Å². The second-order valence-electron chi connectivity index (χ2n) is 4.64. The molecule has 102 valence electrons. The van der Waals surface area contributed by atoms with E-state index in [0.717, 1.165) is 22.9 Å². The number of aromatic nitrogens is 1. The Morgan fingerprint density at radius 2 is 2.00 bits per heavy atom. The van der Waals surface area contributed by atoms with E-state index < -0.39 is 0 Å². The number of thiol groups is 1. The van der Waals surface area contributed by atoms with Crippen LogP contribution in [0.2, 0.25) is 0 Å². The first-order chi connectivity index (χ1) is 9.20. The van der Waals surface area contributed by atoms with Gasteiger partial charge in [-0.1, -0.05) is 32.0 Å². The van der Waals surface area contributed by atoms with E-state index in [0.29, 0.717) is 12.5 Å². The number of ether oxygens (including phenoxy) is 1. The third kappa shape index (κ3) is 3.98. The van der Waals surface area contributed by atoms with Crippen LogP contribution < -0.4 is 4.74 Å². The average Bonchev–Trinajstić information content (AvgIpc) is 2.83. The van der Waals surface area contributed by atoms with Gasteiger partial charge in [0.05, 0.1) is 17.3 Å². The molecule has 1 aromatic heterocycles. The summed E-state index contributed by atoms with van der Waals surface area (Å²) in [6.07, 6.45) is 0.854. The second-order valence-corrected chi connectivity index (χ2v) is 6.12. The lowest BCUT2D eigenvalue weighted by molar-refractivity contribution is 0.321. The Hall–Kier alpha value is -1.00. The van der Waals surface area contributed by atoms with Gasteiger partial charge < -0.3 is 4.74 Å². The molecule has 19 heavy (non-hydrogen) atoms. The molecule has 0 aliphatic rings. The standard InChI is InChI=1S/C15H19NOS2/c1-11(2)15-13(10-18)19-14(16-15)8-9-17-12-6-4-3-5-7-12/h3-7,11,18H,8-10H2,1-2H3. The first-order valence-corrected chi connectivity index (χ1v) is 7.92. The van der Waals surface area contributed by atoms with Crippen LogP contribution in [0.1, 0.15) is 35.3 Å². The lowest BCUT2D eigenvalue weighted by Gasteiger charge is -2.04. The molecule has 2 rings (SSSR count). The molecule has 0 fully saturated rings. The van der Waals surface area contributed by atoms with Crippen molar-refractivity contribution in [2.75, 3.05) is 6.61 Å². The summed E-state index contributed by atoms with van der Waals surface area (Å²) in [5.74, 6) is 2.14. The minimum Gasteiger partial charge on any atom is -0.493 e. The summed E-state index contributed by atoms with van der Waals surface area (Å²) in [6.45, 7) is 5.01. The minimum absolute atomic E-state index is 0.460. The highest BCUT2D eigenvalue weighted by Gasteiger charge is 2.12. The smallest absolute Gasteiger partial charge is 0.119 e. The SMILES string of the molecule is CC(C)c1nc(CCOc2ccccc2)sc1CS. The average molecular weight is 293 g/mol. The van der Waals surface area contributed by atoms with Crippen LogP contribution in [0.3, 0.4) is 0 Å². The van der Waals surface area contributed by atoms with Gasteiger partial charge >= 0.3 is 0 Å². The third-order valence-electron chi connectivity index (χ3n) is 2.79. The summed E-state index contributed by atoms with van der Waals surface area (Å²) in [5, 5.41) is 1.14. The fourth-order valence-corrected chi connectivity index (χ4v) is 3.28. The second kappa shape index (κ2) is 6.96. The van der Waals surface area contributed by atoms with Gasteiger partial charge in [-0.2, -0.15) is 12.6 Å². The first-order valence-electron chi connectivity index (χ1n) is 6.48. The third-order valence-corrected chi connectivity index (χ3v) is 4.45. The van der Waals surface area contributed by atoms with Gasteiger partial charge in [-0.05, 0) is 18.1 Å². The van der Waals surface area contributed by atoms with Gasteiger partial charge in [0.1, 0.15) is 5.75 Å². The van der Waals surface area contributed by atoms with Crippen molar-refractivity contribution in [3.63, 3.8) is 0 Å². The highest BCUT2D eigenvalue weighted by atomic mass is 32.1. The fourth-order valence-electron chi connectivity index (χ4n) is 1.86. The molecule has 0 spiro atoms. The Labute approximate surface area is 124 Å². The van der Waals surface area contributed by atoms with Crippen molar-refractivity contribution in [1.82, 2.24) is 4.98 Å². The van der Waals surface area contributed by atoms with E-state index in [4.69, 9.17) is 9.72 Å². The lowest BCUT2D eigenvalue weighted by Crippen LogP contribution is -2.01. The van der Waals surface area contributed by atoms with Crippen molar-refractivity contribution in [3.8, 4) is 5.75 Å². The summed E-state index contributed by atoms with van der Waals surface area (Å²) >= 11 is 6.13. The number of hydrogen-bond donors (Lipinski definition) is 1. The normalized spacial score (nSPS) is 10.9. The zero-order chi connectivity index (χ0) is 13.7. The number of thiazole rings is 1. The molecular formula is C15H19NOS2. The number of benzene rings is 1.